The van der Waals surface area contributed by atoms with E-state index in [0.717, 1.165) is 38.0 Å². The molecule has 2 aromatic carbocycles. The zero-order valence-corrected chi connectivity index (χ0v) is 22.6. The SMILES string of the molecule is CC(C)c1ccc(NC(=O)CN2CCC3(CC2)CN(S(=O)(=O)c2cccc(Cl)c2)C(C)(C)C3)cc1. The van der Waals surface area contributed by atoms with Crippen LogP contribution in [0.15, 0.2) is 53.4 Å². The summed E-state index contributed by atoms with van der Waals surface area (Å²) in [6.45, 7) is 10.7. The standard InChI is InChI=1S/C27H36ClN3O3S/c1-20(2)21-8-10-23(11-9-21)29-25(32)17-30-14-12-27(13-15-30)18-26(3,4)31(19-27)35(33,34)24-7-5-6-22(28)16-24/h5-11,16,20H,12-15,17-19H2,1-4H3,(H,29,32). The second-order valence-electron chi connectivity index (χ2n) is 11.1. The number of rotatable bonds is 6. The summed E-state index contributed by atoms with van der Waals surface area (Å²) < 4.78 is 28.6. The first-order valence-corrected chi connectivity index (χ1v) is 14.1. The molecule has 4 rings (SSSR count). The highest BCUT2D eigenvalue weighted by Crippen LogP contribution is 2.49. The quantitative estimate of drug-likeness (QED) is 0.560. The third-order valence-electron chi connectivity index (χ3n) is 7.49. The zero-order chi connectivity index (χ0) is 25.4. The van der Waals surface area contributed by atoms with E-state index in [9.17, 15) is 13.2 Å². The lowest BCUT2D eigenvalue weighted by Gasteiger charge is -2.39. The number of hydrogen-bond acceptors (Lipinski definition) is 4. The third kappa shape index (κ3) is 5.74. The lowest BCUT2D eigenvalue weighted by molar-refractivity contribution is -0.117. The summed E-state index contributed by atoms with van der Waals surface area (Å²) in [5.74, 6) is 0.438. The highest BCUT2D eigenvalue weighted by molar-refractivity contribution is 7.89. The fraction of sp³-hybridized carbons (Fsp3) is 0.519. The number of nitrogens with one attached hydrogen (secondary N) is 1. The average Bonchev–Trinajstić information content (AvgIpc) is 3.06. The van der Waals surface area contributed by atoms with Crippen LogP contribution in [-0.4, -0.2) is 55.2 Å². The minimum atomic E-state index is -3.65. The van der Waals surface area contributed by atoms with Crippen molar-refractivity contribution in [3.8, 4) is 0 Å². The molecule has 6 nitrogen and oxygen atoms in total. The predicted octanol–water partition coefficient (Wildman–Crippen LogP) is 5.36. The van der Waals surface area contributed by atoms with Crippen LogP contribution in [0.4, 0.5) is 5.69 Å². The van der Waals surface area contributed by atoms with E-state index in [1.165, 1.54) is 11.6 Å². The summed E-state index contributed by atoms with van der Waals surface area (Å²) >= 11 is 6.08. The molecule has 1 amide bonds. The van der Waals surface area contributed by atoms with Gasteiger partial charge >= 0.3 is 0 Å². The van der Waals surface area contributed by atoms with E-state index in [-0.39, 0.29) is 16.2 Å². The molecule has 0 aliphatic carbocycles. The Bertz CT molecular complexity index is 1170. The third-order valence-corrected chi connectivity index (χ3v) is 9.78. The molecule has 1 N–H and O–H groups in total. The lowest BCUT2D eigenvalue weighted by Crippen LogP contribution is -2.45. The first-order valence-electron chi connectivity index (χ1n) is 12.3. The van der Waals surface area contributed by atoms with E-state index in [0.29, 0.717) is 24.0 Å². The van der Waals surface area contributed by atoms with Crippen LogP contribution in [0.3, 0.4) is 0 Å². The molecule has 2 aromatic rings. The summed E-state index contributed by atoms with van der Waals surface area (Å²) in [5.41, 5.74) is 1.50. The Morgan fingerprint density at radius 2 is 1.74 bits per heavy atom. The van der Waals surface area contributed by atoms with Crippen LogP contribution in [0.2, 0.25) is 5.02 Å². The number of nitrogens with zero attached hydrogens (tertiary/aromatic N) is 2. The Labute approximate surface area is 214 Å². The van der Waals surface area contributed by atoms with Gasteiger partial charge in [0.2, 0.25) is 15.9 Å². The van der Waals surface area contributed by atoms with Gasteiger partial charge in [-0.25, -0.2) is 8.42 Å². The van der Waals surface area contributed by atoms with Gasteiger partial charge < -0.3 is 5.32 Å². The Morgan fingerprint density at radius 3 is 2.34 bits per heavy atom. The maximum Gasteiger partial charge on any atom is 0.243 e. The summed E-state index contributed by atoms with van der Waals surface area (Å²) in [5, 5.41) is 3.42. The number of anilines is 1. The van der Waals surface area contributed by atoms with Crippen LogP contribution in [-0.2, 0) is 14.8 Å². The maximum absolute atomic E-state index is 13.5. The van der Waals surface area contributed by atoms with Gasteiger partial charge in [-0.05, 0) is 93.4 Å². The molecule has 2 aliphatic heterocycles. The normalized spacial score (nSPS) is 20.4. The number of sulfonamides is 1. The molecule has 0 radical (unpaired) electrons. The van der Waals surface area contributed by atoms with Crippen molar-refractivity contribution >= 4 is 33.2 Å². The second kappa shape index (κ2) is 9.85. The molecule has 0 aromatic heterocycles. The van der Waals surface area contributed by atoms with Crippen LogP contribution < -0.4 is 5.32 Å². The van der Waals surface area contributed by atoms with Gasteiger partial charge in [0.15, 0.2) is 0 Å². The molecular formula is C27H36ClN3O3S. The summed E-state index contributed by atoms with van der Waals surface area (Å²) in [6.07, 6.45) is 2.55. The molecule has 2 fully saturated rings. The molecule has 0 atom stereocenters. The first-order chi connectivity index (χ1) is 16.4. The van der Waals surface area contributed by atoms with E-state index in [4.69, 9.17) is 11.6 Å². The van der Waals surface area contributed by atoms with Crippen molar-refractivity contribution in [2.45, 2.75) is 63.3 Å². The number of halogens is 1. The smallest absolute Gasteiger partial charge is 0.243 e. The number of carbonyl (C=O) groups is 1. The molecular weight excluding hydrogens is 482 g/mol. The number of carbonyl (C=O) groups excluding carboxylic acids is 1. The molecule has 8 heteroatoms. The Hall–Kier alpha value is -1.93. The van der Waals surface area contributed by atoms with Gasteiger partial charge in [-0.2, -0.15) is 4.31 Å². The van der Waals surface area contributed by atoms with Gasteiger partial charge in [-0.15, -0.1) is 0 Å². The monoisotopic (exact) mass is 517 g/mol. The Morgan fingerprint density at radius 1 is 1.09 bits per heavy atom. The van der Waals surface area contributed by atoms with Crippen molar-refractivity contribution in [3.05, 3.63) is 59.1 Å². The van der Waals surface area contributed by atoms with Gasteiger partial charge in [-0.3, -0.25) is 9.69 Å². The van der Waals surface area contributed by atoms with Gasteiger partial charge in [0.05, 0.1) is 11.4 Å². The number of amides is 1. The highest BCUT2D eigenvalue weighted by atomic mass is 35.5. The minimum absolute atomic E-state index is 0.0184. The van der Waals surface area contributed by atoms with E-state index < -0.39 is 15.6 Å². The molecule has 0 saturated carbocycles. The van der Waals surface area contributed by atoms with Crippen molar-refractivity contribution in [1.82, 2.24) is 9.21 Å². The van der Waals surface area contributed by atoms with Gasteiger partial charge in [0.25, 0.3) is 0 Å². The molecule has 0 bridgehead atoms. The van der Waals surface area contributed by atoms with Crippen LogP contribution >= 0.6 is 11.6 Å². The zero-order valence-electron chi connectivity index (χ0n) is 21.1. The molecule has 2 heterocycles. The summed E-state index contributed by atoms with van der Waals surface area (Å²) in [6, 6.07) is 14.5. The molecule has 190 valence electrons. The van der Waals surface area contributed by atoms with Gasteiger partial charge in [0, 0.05) is 22.8 Å². The van der Waals surface area contributed by atoms with Crippen molar-refractivity contribution in [1.29, 1.82) is 0 Å². The van der Waals surface area contributed by atoms with Crippen LogP contribution in [0, 0.1) is 5.41 Å². The predicted molar refractivity (Wildman–Crippen MR) is 141 cm³/mol. The molecule has 35 heavy (non-hydrogen) atoms. The topological polar surface area (TPSA) is 69.7 Å². The van der Waals surface area contributed by atoms with Gasteiger partial charge in [-0.1, -0.05) is 43.6 Å². The molecule has 2 saturated heterocycles. The fourth-order valence-electron chi connectivity index (χ4n) is 5.62. The van der Waals surface area contributed by atoms with Crippen molar-refractivity contribution in [3.63, 3.8) is 0 Å². The van der Waals surface area contributed by atoms with E-state index in [1.807, 2.05) is 26.0 Å². The first kappa shape index (κ1) is 26.1. The van der Waals surface area contributed by atoms with E-state index in [2.05, 4.69) is 36.2 Å². The van der Waals surface area contributed by atoms with Crippen molar-refractivity contribution in [2.75, 3.05) is 31.5 Å². The van der Waals surface area contributed by atoms with Crippen molar-refractivity contribution in [2.24, 2.45) is 5.41 Å². The average molecular weight is 518 g/mol. The molecule has 1 spiro atoms. The number of benzene rings is 2. The number of likely N-dealkylation sites (tertiary alicyclic amines) is 1. The van der Waals surface area contributed by atoms with E-state index >= 15 is 0 Å². The van der Waals surface area contributed by atoms with Crippen LogP contribution in [0.25, 0.3) is 0 Å². The number of hydrogen-bond donors (Lipinski definition) is 1. The summed E-state index contributed by atoms with van der Waals surface area (Å²) in [4.78, 5) is 15.0. The highest BCUT2D eigenvalue weighted by Gasteiger charge is 2.53. The molecule has 0 unspecified atom stereocenters. The van der Waals surface area contributed by atoms with Gasteiger partial charge in [0.1, 0.15) is 0 Å². The van der Waals surface area contributed by atoms with E-state index in [1.54, 1.807) is 22.5 Å². The summed E-state index contributed by atoms with van der Waals surface area (Å²) in [7, 11) is -3.65. The number of piperidine rings is 1. The maximum atomic E-state index is 13.5. The lowest BCUT2D eigenvalue weighted by atomic mass is 9.74. The minimum Gasteiger partial charge on any atom is -0.325 e. The largest absolute Gasteiger partial charge is 0.325 e. The fourth-order valence-corrected chi connectivity index (χ4v) is 7.82. The Balaban J connectivity index is 1.36. The van der Waals surface area contributed by atoms with Crippen LogP contribution in [0.5, 0.6) is 0 Å². The van der Waals surface area contributed by atoms with Crippen LogP contribution in [0.1, 0.15) is 58.4 Å². The molecule has 2 aliphatic rings. The Kier molecular flexibility index (Phi) is 7.36. The van der Waals surface area contributed by atoms with Crippen molar-refractivity contribution < 1.29 is 13.2 Å². The second-order valence-corrected chi connectivity index (χ2v) is 13.4.